The number of nitrogens with zero attached hydrogens (tertiary/aromatic N) is 1. The summed E-state index contributed by atoms with van der Waals surface area (Å²) in [7, 11) is 0. The van der Waals surface area contributed by atoms with Crippen molar-refractivity contribution < 1.29 is 8.81 Å². The molecule has 0 spiro atoms. The van der Waals surface area contributed by atoms with Gasteiger partial charge in [-0.3, -0.25) is 4.90 Å². The molecule has 3 nitrogen and oxygen atoms in total. The van der Waals surface area contributed by atoms with Crippen LogP contribution >= 0.6 is 28.3 Å². The van der Waals surface area contributed by atoms with Crippen LogP contribution in [-0.2, 0) is 0 Å². The standard InChI is InChI=1S/C15H16BrFN2O.ClH/c16-12-4-1-3-11(14(12)17)15(13-5-2-10-20-13)19-8-6-18-7-9-19;/h1-5,10,15,18H,6-9H2;1H/t15-;/m1./s1. The highest BCUT2D eigenvalue weighted by Gasteiger charge is 2.28. The molecule has 6 heteroatoms. The van der Waals surface area contributed by atoms with Crippen LogP contribution in [0.1, 0.15) is 17.4 Å². The van der Waals surface area contributed by atoms with Crippen LogP contribution in [0.5, 0.6) is 0 Å². The lowest BCUT2D eigenvalue weighted by Gasteiger charge is -2.34. The van der Waals surface area contributed by atoms with Gasteiger partial charge in [0, 0.05) is 31.7 Å². The molecule has 0 saturated carbocycles. The second-order valence-electron chi connectivity index (χ2n) is 4.85. The molecule has 1 aliphatic rings. The Balaban J connectivity index is 0.00000161. The maximum absolute atomic E-state index is 14.5. The molecule has 0 amide bonds. The summed E-state index contributed by atoms with van der Waals surface area (Å²) in [5, 5.41) is 3.32. The molecule has 3 rings (SSSR count). The fourth-order valence-corrected chi connectivity index (χ4v) is 3.03. The lowest BCUT2D eigenvalue weighted by molar-refractivity contribution is 0.177. The van der Waals surface area contributed by atoms with Crippen LogP contribution in [0.4, 0.5) is 4.39 Å². The number of furan rings is 1. The molecular formula is C15H17BrClFN2O. The summed E-state index contributed by atoms with van der Waals surface area (Å²) in [6, 6.07) is 8.99. The van der Waals surface area contributed by atoms with Crippen molar-refractivity contribution >= 4 is 28.3 Å². The van der Waals surface area contributed by atoms with Crippen molar-refractivity contribution in [2.75, 3.05) is 26.2 Å². The SMILES string of the molecule is Cl.Fc1c(Br)cccc1[C@H](c1ccco1)N1CCNCC1. The number of piperazine rings is 1. The molecule has 0 unspecified atom stereocenters. The van der Waals surface area contributed by atoms with E-state index in [1.165, 1.54) is 0 Å². The Bertz CT molecular complexity index is 573. The summed E-state index contributed by atoms with van der Waals surface area (Å²) in [5.41, 5.74) is 0.649. The van der Waals surface area contributed by atoms with Crippen molar-refractivity contribution in [3.8, 4) is 0 Å². The molecule has 2 aromatic rings. The van der Waals surface area contributed by atoms with Crippen LogP contribution in [0, 0.1) is 5.82 Å². The molecule has 21 heavy (non-hydrogen) atoms. The number of hydrogen-bond acceptors (Lipinski definition) is 3. The van der Waals surface area contributed by atoms with E-state index in [2.05, 4.69) is 26.1 Å². The van der Waals surface area contributed by atoms with Crippen LogP contribution in [0.25, 0.3) is 0 Å². The molecular weight excluding hydrogens is 359 g/mol. The summed E-state index contributed by atoms with van der Waals surface area (Å²) in [5.74, 6) is 0.566. The Morgan fingerprint density at radius 1 is 1.19 bits per heavy atom. The minimum atomic E-state index is -0.215. The zero-order valence-corrected chi connectivity index (χ0v) is 13.8. The Morgan fingerprint density at radius 3 is 2.62 bits per heavy atom. The van der Waals surface area contributed by atoms with Gasteiger partial charge in [-0.1, -0.05) is 12.1 Å². The van der Waals surface area contributed by atoms with Gasteiger partial charge < -0.3 is 9.73 Å². The molecule has 0 aliphatic carbocycles. The number of rotatable bonds is 3. The molecule has 1 N–H and O–H groups in total. The lowest BCUT2D eigenvalue weighted by Crippen LogP contribution is -2.45. The van der Waals surface area contributed by atoms with Crippen molar-refractivity contribution in [2.45, 2.75) is 6.04 Å². The second kappa shape index (κ2) is 7.40. The molecule has 0 radical (unpaired) electrons. The Labute approximate surface area is 138 Å². The van der Waals surface area contributed by atoms with E-state index in [1.807, 2.05) is 24.3 Å². The minimum absolute atomic E-state index is 0. The fraction of sp³-hybridized carbons (Fsp3) is 0.333. The molecule has 1 fully saturated rings. The highest BCUT2D eigenvalue weighted by atomic mass is 79.9. The number of hydrogen-bond donors (Lipinski definition) is 1. The number of nitrogens with one attached hydrogen (secondary N) is 1. The molecule has 114 valence electrons. The summed E-state index contributed by atoms with van der Waals surface area (Å²) in [6.07, 6.45) is 1.64. The zero-order chi connectivity index (χ0) is 13.9. The number of halogens is 3. The van der Waals surface area contributed by atoms with E-state index in [1.54, 1.807) is 12.3 Å². The van der Waals surface area contributed by atoms with Crippen LogP contribution in [-0.4, -0.2) is 31.1 Å². The normalized spacial score (nSPS) is 17.2. The first kappa shape index (κ1) is 16.5. The molecule has 0 bridgehead atoms. The first-order valence-corrected chi connectivity index (χ1v) is 7.49. The molecule has 1 atom stereocenters. The zero-order valence-electron chi connectivity index (χ0n) is 11.4. The van der Waals surface area contributed by atoms with Gasteiger partial charge in [-0.25, -0.2) is 4.39 Å². The van der Waals surface area contributed by atoms with E-state index in [-0.39, 0.29) is 24.3 Å². The van der Waals surface area contributed by atoms with Gasteiger partial charge in [0.25, 0.3) is 0 Å². The highest BCUT2D eigenvalue weighted by molar-refractivity contribution is 9.10. The predicted molar refractivity (Wildman–Crippen MR) is 86.3 cm³/mol. The Morgan fingerprint density at radius 2 is 1.95 bits per heavy atom. The fourth-order valence-electron chi connectivity index (χ4n) is 2.65. The van der Waals surface area contributed by atoms with Crippen LogP contribution in [0.2, 0.25) is 0 Å². The van der Waals surface area contributed by atoms with Gasteiger partial charge >= 0.3 is 0 Å². The van der Waals surface area contributed by atoms with Crippen LogP contribution < -0.4 is 5.32 Å². The van der Waals surface area contributed by atoms with Gasteiger partial charge in [0.15, 0.2) is 0 Å². The van der Waals surface area contributed by atoms with Gasteiger partial charge in [0.1, 0.15) is 11.6 Å². The van der Waals surface area contributed by atoms with E-state index in [0.29, 0.717) is 10.0 Å². The Hall–Kier alpha value is -0.880. The van der Waals surface area contributed by atoms with Crippen molar-refractivity contribution in [3.63, 3.8) is 0 Å². The summed E-state index contributed by atoms with van der Waals surface area (Å²) >= 11 is 3.27. The molecule has 1 aromatic carbocycles. The average Bonchev–Trinajstić information content (AvgIpc) is 2.99. The molecule has 2 heterocycles. The molecule has 1 aliphatic heterocycles. The maximum atomic E-state index is 14.5. The van der Waals surface area contributed by atoms with Crippen LogP contribution in [0.15, 0.2) is 45.5 Å². The topological polar surface area (TPSA) is 28.4 Å². The third-order valence-corrected chi connectivity index (χ3v) is 4.22. The predicted octanol–water partition coefficient (Wildman–Crippen LogP) is 3.60. The van der Waals surface area contributed by atoms with Gasteiger partial charge in [0.05, 0.1) is 16.8 Å². The third kappa shape index (κ3) is 3.48. The van der Waals surface area contributed by atoms with Crippen molar-refractivity contribution in [3.05, 3.63) is 58.2 Å². The summed E-state index contributed by atoms with van der Waals surface area (Å²) in [4.78, 5) is 2.25. The monoisotopic (exact) mass is 374 g/mol. The van der Waals surface area contributed by atoms with Crippen LogP contribution in [0.3, 0.4) is 0 Å². The second-order valence-corrected chi connectivity index (χ2v) is 5.70. The third-order valence-electron chi connectivity index (χ3n) is 3.61. The van der Waals surface area contributed by atoms with Crippen molar-refractivity contribution in [1.82, 2.24) is 10.2 Å². The summed E-state index contributed by atoms with van der Waals surface area (Å²) < 4.78 is 20.5. The van der Waals surface area contributed by atoms with E-state index < -0.39 is 0 Å². The van der Waals surface area contributed by atoms with Gasteiger partial charge in [-0.2, -0.15) is 0 Å². The van der Waals surface area contributed by atoms with Gasteiger partial charge in [0.2, 0.25) is 0 Å². The maximum Gasteiger partial charge on any atom is 0.142 e. The van der Waals surface area contributed by atoms with E-state index in [9.17, 15) is 4.39 Å². The van der Waals surface area contributed by atoms with Gasteiger partial charge in [-0.05, 0) is 34.1 Å². The highest BCUT2D eigenvalue weighted by Crippen LogP contribution is 2.33. The van der Waals surface area contributed by atoms with Crippen molar-refractivity contribution in [2.24, 2.45) is 0 Å². The smallest absolute Gasteiger partial charge is 0.142 e. The Kier molecular flexibility index (Phi) is 5.81. The largest absolute Gasteiger partial charge is 0.467 e. The van der Waals surface area contributed by atoms with E-state index >= 15 is 0 Å². The first-order valence-electron chi connectivity index (χ1n) is 6.69. The molecule has 1 saturated heterocycles. The first-order chi connectivity index (χ1) is 9.77. The number of benzene rings is 1. The van der Waals surface area contributed by atoms with Crippen molar-refractivity contribution in [1.29, 1.82) is 0 Å². The van der Waals surface area contributed by atoms with E-state index in [0.717, 1.165) is 31.9 Å². The average molecular weight is 376 g/mol. The van der Waals surface area contributed by atoms with Gasteiger partial charge in [-0.15, -0.1) is 12.4 Å². The summed E-state index contributed by atoms with van der Waals surface area (Å²) in [6.45, 7) is 3.56. The molecule has 1 aromatic heterocycles. The minimum Gasteiger partial charge on any atom is -0.467 e. The quantitative estimate of drug-likeness (QED) is 0.888. The lowest BCUT2D eigenvalue weighted by atomic mass is 10.0. The van der Waals surface area contributed by atoms with E-state index in [4.69, 9.17) is 4.42 Å².